The number of Topliss-reactive ketones (excluding diaryl/α,β-unsaturated/α-hetero) is 1. The van der Waals surface area contributed by atoms with Crippen LogP contribution in [-0.2, 0) is 26.0 Å². The van der Waals surface area contributed by atoms with Crippen LogP contribution in [0.15, 0.2) is 58.6 Å². The number of carbonyl (C=O) groups is 2. The van der Waals surface area contributed by atoms with Crippen LogP contribution in [0.25, 0.3) is 5.69 Å². The molecule has 1 fully saturated rings. The van der Waals surface area contributed by atoms with Gasteiger partial charge in [0.15, 0.2) is 10.9 Å². The molecule has 2 heterocycles. The third-order valence-corrected chi connectivity index (χ3v) is 8.94. The maximum Gasteiger partial charge on any atom is 0.243 e. The number of carbonyl (C=O) groups excluding carboxylic acids is 2. The Morgan fingerprint density at radius 3 is 2.38 bits per heavy atom. The third kappa shape index (κ3) is 7.24. The minimum absolute atomic E-state index is 0.0897. The van der Waals surface area contributed by atoms with Crippen molar-refractivity contribution in [2.45, 2.75) is 29.8 Å². The Bertz CT molecular complexity index is 1390. The summed E-state index contributed by atoms with van der Waals surface area (Å²) in [5.41, 5.74) is 1.23. The van der Waals surface area contributed by atoms with Crippen molar-refractivity contribution in [2.24, 2.45) is 0 Å². The van der Waals surface area contributed by atoms with Gasteiger partial charge in [0.05, 0.1) is 31.0 Å². The molecule has 208 valence electrons. The second-order valence-electron chi connectivity index (χ2n) is 8.77. The zero-order chi connectivity index (χ0) is 27.8. The molecule has 0 aliphatic carbocycles. The number of ketones is 1. The molecule has 1 saturated heterocycles. The number of hydrogen-bond acceptors (Lipinski definition) is 9. The van der Waals surface area contributed by atoms with Gasteiger partial charge in [-0.15, -0.1) is 10.2 Å². The van der Waals surface area contributed by atoms with Gasteiger partial charge in [0.25, 0.3) is 0 Å². The number of morpholine rings is 1. The molecule has 1 aliphatic heterocycles. The van der Waals surface area contributed by atoms with Gasteiger partial charge in [-0.3, -0.25) is 14.2 Å². The van der Waals surface area contributed by atoms with E-state index in [-0.39, 0.29) is 22.3 Å². The van der Waals surface area contributed by atoms with E-state index in [1.165, 1.54) is 47.3 Å². The summed E-state index contributed by atoms with van der Waals surface area (Å²) in [5.74, 6) is 1.26. The highest BCUT2D eigenvalue weighted by molar-refractivity contribution is 7.99. The van der Waals surface area contributed by atoms with Gasteiger partial charge in [-0.05, 0) is 42.8 Å². The maximum atomic E-state index is 13.0. The quantitative estimate of drug-likeness (QED) is 0.197. The average Bonchev–Trinajstić information content (AvgIpc) is 3.37. The van der Waals surface area contributed by atoms with E-state index in [0.29, 0.717) is 68.0 Å². The highest BCUT2D eigenvalue weighted by atomic mass is 32.2. The number of nitrogens with one attached hydrogen (secondary N) is 1. The van der Waals surface area contributed by atoms with Crippen molar-refractivity contribution < 1.29 is 27.5 Å². The third-order valence-electron chi connectivity index (χ3n) is 6.10. The summed E-state index contributed by atoms with van der Waals surface area (Å²) < 4.78 is 39.5. The predicted molar refractivity (Wildman–Crippen MR) is 146 cm³/mol. The molecule has 13 heteroatoms. The normalized spacial score (nSPS) is 14.2. The van der Waals surface area contributed by atoms with E-state index in [2.05, 4.69) is 15.5 Å². The van der Waals surface area contributed by atoms with E-state index in [0.717, 1.165) is 5.69 Å². The van der Waals surface area contributed by atoms with Gasteiger partial charge in [-0.2, -0.15) is 4.31 Å². The first kappa shape index (κ1) is 28.7. The van der Waals surface area contributed by atoms with E-state index in [1.54, 1.807) is 7.11 Å². The van der Waals surface area contributed by atoms with E-state index >= 15 is 0 Å². The lowest BCUT2D eigenvalue weighted by Crippen LogP contribution is -2.40. The lowest BCUT2D eigenvalue weighted by atomic mass is 10.1. The number of ether oxygens (including phenoxy) is 2. The van der Waals surface area contributed by atoms with Crippen molar-refractivity contribution in [2.75, 3.05) is 45.7 Å². The van der Waals surface area contributed by atoms with Crippen molar-refractivity contribution in [3.8, 4) is 11.4 Å². The maximum absolute atomic E-state index is 13.0. The minimum Gasteiger partial charge on any atom is -0.497 e. The van der Waals surface area contributed by atoms with Crippen molar-refractivity contribution in [3.63, 3.8) is 0 Å². The lowest BCUT2D eigenvalue weighted by Gasteiger charge is -2.26. The molecule has 2 aromatic carbocycles. The molecule has 39 heavy (non-hydrogen) atoms. The zero-order valence-corrected chi connectivity index (χ0v) is 23.5. The molecule has 0 atom stereocenters. The van der Waals surface area contributed by atoms with Crippen LogP contribution in [0, 0.1) is 0 Å². The summed E-state index contributed by atoms with van der Waals surface area (Å²) >= 11 is 1.25. The fraction of sp³-hybridized carbons (Fsp3) is 0.385. The number of methoxy groups -OCH3 is 1. The summed E-state index contributed by atoms with van der Waals surface area (Å²) in [5, 5.41) is 12.0. The van der Waals surface area contributed by atoms with E-state index in [9.17, 15) is 18.0 Å². The lowest BCUT2D eigenvalue weighted by molar-refractivity contribution is -0.118. The Kier molecular flexibility index (Phi) is 9.73. The molecule has 1 N–H and O–H groups in total. The summed E-state index contributed by atoms with van der Waals surface area (Å²) in [4.78, 5) is 24.3. The van der Waals surface area contributed by atoms with Crippen molar-refractivity contribution in [1.82, 2.24) is 24.4 Å². The Balaban J connectivity index is 1.46. The highest BCUT2D eigenvalue weighted by Gasteiger charge is 2.26. The molecular weight excluding hydrogens is 542 g/mol. The van der Waals surface area contributed by atoms with Crippen LogP contribution < -0.4 is 10.1 Å². The second kappa shape index (κ2) is 13.2. The average molecular weight is 574 g/mol. The van der Waals surface area contributed by atoms with Crippen LogP contribution in [0.2, 0.25) is 0 Å². The number of aromatic nitrogens is 3. The van der Waals surface area contributed by atoms with Crippen molar-refractivity contribution in [1.29, 1.82) is 0 Å². The number of aryl methyl sites for hydroxylation is 1. The number of rotatable bonds is 12. The summed E-state index contributed by atoms with van der Waals surface area (Å²) in [7, 11) is -2.03. The van der Waals surface area contributed by atoms with Gasteiger partial charge >= 0.3 is 0 Å². The topological polar surface area (TPSA) is 133 Å². The Morgan fingerprint density at radius 2 is 1.74 bits per heavy atom. The fourth-order valence-corrected chi connectivity index (χ4v) is 6.29. The van der Waals surface area contributed by atoms with Crippen molar-refractivity contribution in [3.05, 3.63) is 59.9 Å². The number of thioether (sulfide) groups is 1. The molecule has 0 unspecified atom stereocenters. The van der Waals surface area contributed by atoms with E-state index in [4.69, 9.17) is 9.47 Å². The summed E-state index contributed by atoms with van der Waals surface area (Å²) in [6.45, 7) is 3.34. The molecular formula is C26H31N5O6S2. The fourth-order valence-electron chi connectivity index (χ4n) is 4.02. The monoisotopic (exact) mass is 573 g/mol. The number of amides is 1. The summed E-state index contributed by atoms with van der Waals surface area (Å²) in [6, 6.07) is 13.5. The van der Waals surface area contributed by atoms with Crippen LogP contribution in [0.4, 0.5) is 0 Å². The van der Waals surface area contributed by atoms with Crippen LogP contribution >= 0.6 is 11.8 Å². The first-order valence-corrected chi connectivity index (χ1v) is 14.9. The van der Waals surface area contributed by atoms with Crippen LogP contribution in [0.3, 0.4) is 0 Å². The van der Waals surface area contributed by atoms with Crippen LogP contribution in [0.1, 0.15) is 29.5 Å². The molecule has 0 bridgehead atoms. The zero-order valence-electron chi connectivity index (χ0n) is 21.8. The Hall–Kier alpha value is -3.26. The standard InChI is InChI=1S/C26H31N5O6S2/c1-19(32)27-13-3-4-25-28-29-26(31(25)21-7-9-22(36-2)10-8-21)38-18-24(33)20-5-11-23(12-6-20)39(34,35)30-14-16-37-17-15-30/h5-12H,3-4,13-18H2,1-2H3,(H,27,32). The molecule has 1 aromatic heterocycles. The Labute approximate surface area is 231 Å². The molecule has 0 saturated carbocycles. The van der Waals surface area contributed by atoms with E-state index in [1.807, 2.05) is 28.8 Å². The molecule has 0 radical (unpaired) electrons. The van der Waals surface area contributed by atoms with Gasteiger partial charge in [0.1, 0.15) is 11.6 Å². The van der Waals surface area contributed by atoms with Crippen LogP contribution in [-0.4, -0.2) is 84.9 Å². The number of nitrogens with zero attached hydrogens (tertiary/aromatic N) is 4. The summed E-state index contributed by atoms with van der Waals surface area (Å²) in [6.07, 6.45) is 1.25. The number of hydrogen-bond donors (Lipinski definition) is 1. The first-order chi connectivity index (χ1) is 18.8. The van der Waals surface area contributed by atoms with Gasteiger partial charge in [-0.25, -0.2) is 8.42 Å². The number of sulfonamides is 1. The smallest absolute Gasteiger partial charge is 0.243 e. The van der Waals surface area contributed by atoms with Crippen LogP contribution in [0.5, 0.6) is 5.75 Å². The highest BCUT2D eigenvalue weighted by Crippen LogP contribution is 2.26. The predicted octanol–water partition coefficient (Wildman–Crippen LogP) is 2.34. The SMILES string of the molecule is COc1ccc(-n2c(CCCNC(C)=O)nnc2SCC(=O)c2ccc(S(=O)(=O)N3CCOCC3)cc2)cc1. The molecule has 3 aromatic rings. The van der Waals surface area contributed by atoms with Gasteiger partial charge in [0, 0.05) is 44.2 Å². The molecule has 4 rings (SSSR count). The van der Waals surface area contributed by atoms with E-state index < -0.39 is 10.0 Å². The molecule has 11 nitrogen and oxygen atoms in total. The molecule has 1 aliphatic rings. The Morgan fingerprint density at radius 1 is 1.05 bits per heavy atom. The first-order valence-electron chi connectivity index (χ1n) is 12.5. The largest absolute Gasteiger partial charge is 0.497 e. The van der Waals surface area contributed by atoms with Gasteiger partial charge < -0.3 is 14.8 Å². The number of benzene rings is 2. The van der Waals surface area contributed by atoms with Crippen molar-refractivity contribution >= 4 is 33.5 Å². The minimum atomic E-state index is -3.63. The van der Waals surface area contributed by atoms with Gasteiger partial charge in [0.2, 0.25) is 15.9 Å². The second-order valence-corrected chi connectivity index (χ2v) is 11.7. The molecule has 1 amide bonds. The van der Waals surface area contributed by atoms with Gasteiger partial charge in [-0.1, -0.05) is 23.9 Å². The molecule has 0 spiro atoms.